The molecule has 0 aliphatic heterocycles. The molecule has 16 heavy (non-hydrogen) atoms. The fourth-order valence-electron chi connectivity index (χ4n) is 1.54. The van der Waals surface area contributed by atoms with E-state index >= 15 is 0 Å². The fraction of sp³-hybridized carbons (Fsp3) is 0.500. The Morgan fingerprint density at radius 2 is 2.12 bits per heavy atom. The highest BCUT2D eigenvalue weighted by molar-refractivity contribution is 7.12. The van der Waals surface area contributed by atoms with E-state index in [0.717, 1.165) is 0 Å². The molecule has 0 bridgehead atoms. The second-order valence-corrected chi connectivity index (χ2v) is 5.70. The maximum atomic E-state index is 6.03. The summed E-state index contributed by atoms with van der Waals surface area (Å²) < 4.78 is 1.78. The van der Waals surface area contributed by atoms with Crippen LogP contribution in [0, 0.1) is 6.92 Å². The summed E-state index contributed by atoms with van der Waals surface area (Å²) in [5, 5.41) is 11.4. The molecule has 2 aromatic heterocycles. The van der Waals surface area contributed by atoms with Crippen LogP contribution < -0.4 is 0 Å². The summed E-state index contributed by atoms with van der Waals surface area (Å²) in [6, 6.07) is 4.34. The lowest BCUT2D eigenvalue weighted by molar-refractivity contribution is 0.527. The molecule has 0 spiro atoms. The second kappa shape index (κ2) is 4.51. The Morgan fingerprint density at radius 3 is 2.69 bits per heavy atom. The van der Waals surface area contributed by atoms with Crippen LogP contribution in [0.4, 0.5) is 0 Å². The average molecular weight is 257 g/mol. The summed E-state index contributed by atoms with van der Waals surface area (Å²) in [5.41, 5.74) is 0. The predicted molar refractivity (Wildman–Crippen MR) is 65.0 cm³/mol. The van der Waals surface area contributed by atoms with Gasteiger partial charge in [0.2, 0.25) is 0 Å². The Hall–Kier alpha value is -0.940. The molecule has 0 saturated carbocycles. The van der Waals surface area contributed by atoms with Crippen molar-refractivity contribution >= 4 is 22.9 Å². The van der Waals surface area contributed by atoms with Gasteiger partial charge < -0.3 is 0 Å². The summed E-state index contributed by atoms with van der Waals surface area (Å²) in [5.74, 6) is 0.709. The maximum absolute atomic E-state index is 6.03. The lowest BCUT2D eigenvalue weighted by atomic mass is 10.2. The number of alkyl halides is 1. The van der Waals surface area contributed by atoms with Gasteiger partial charge in [-0.3, -0.25) is 0 Å². The lowest BCUT2D eigenvalue weighted by Gasteiger charge is -2.12. The van der Waals surface area contributed by atoms with Gasteiger partial charge in [0.25, 0.3) is 0 Å². The van der Waals surface area contributed by atoms with E-state index in [0.29, 0.717) is 5.82 Å². The van der Waals surface area contributed by atoms with Crippen molar-refractivity contribution in [2.75, 3.05) is 0 Å². The minimum absolute atomic E-state index is 0.130. The first-order valence-electron chi connectivity index (χ1n) is 5.07. The van der Waals surface area contributed by atoms with Gasteiger partial charge in [0.1, 0.15) is 0 Å². The lowest BCUT2D eigenvalue weighted by Crippen LogP contribution is -2.11. The van der Waals surface area contributed by atoms with E-state index in [9.17, 15) is 0 Å². The molecule has 0 aliphatic rings. The van der Waals surface area contributed by atoms with Crippen LogP contribution >= 0.6 is 22.9 Å². The molecule has 0 radical (unpaired) electrons. The smallest absolute Gasteiger partial charge is 0.169 e. The first kappa shape index (κ1) is 11.5. The summed E-state index contributed by atoms with van der Waals surface area (Å²) in [4.78, 5) is 2.53. The molecule has 2 heterocycles. The first-order valence-corrected chi connectivity index (χ1v) is 6.33. The number of nitrogens with zero attached hydrogens (tertiary/aromatic N) is 4. The summed E-state index contributed by atoms with van der Waals surface area (Å²) in [6.07, 6.45) is 0. The van der Waals surface area contributed by atoms with Crippen LogP contribution in [0.15, 0.2) is 12.1 Å². The van der Waals surface area contributed by atoms with Crippen LogP contribution in [0.25, 0.3) is 0 Å². The quantitative estimate of drug-likeness (QED) is 0.793. The molecular formula is C10H13ClN4S. The molecule has 6 heteroatoms. The van der Waals surface area contributed by atoms with Crippen molar-refractivity contribution in [3.05, 3.63) is 27.7 Å². The van der Waals surface area contributed by atoms with Crippen LogP contribution in [0.2, 0.25) is 0 Å². The van der Waals surface area contributed by atoms with Crippen molar-refractivity contribution in [3.8, 4) is 0 Å². The summed E-state index contributed by atoms with van der Waals surface area (Å²) in [6.45, 7) is 6.03. The highest BCUT2D eigenvalue weighted by atomic mass is 35.5. The number of rotatable bonds is 3. The monoisotopic (exact) mass is 256 g/mol. The first-order chi connectivity index (χ1) is 7.59. The van der Waals surface area contributed by atoms with Gasteiger partial charge in [-0.25, -0.2) is 4.68 Å². The van der Waals surface area contributed by atoms with Gasteiger partial charge in [0.15, 0.2) is 5.82 Å². The molecule has 0 N–H and O–H groups in total. The highest BCUT2D eigenvalue weighted by Crippen LogP contribution is 2.27. The SMILES string of the molecule is Cc1ccc(C(C)n2nnnc2C(C)Cl)s1. The zero-order valence-corrected chi connectivity index (χ0v) is 11.0. The van der Waals surface area contributed by atoms with E-state index < -0.39 is 0 Å². The van der Waals surface area contributed by atoms with Crippen LogP contribution in [0.1, 0.15) is 40.8 Å². The van der Waals surface area contributed by atoms with E-state index in [-0.39, 0.29) is 11.4 Å². The molecule has 2 unspecified atom stereocenters. The van der Waals surface area contributed by atoms with E-state index in [1.165, 1.54) is 9.75 Å². The van der Waals surface area contributed by atoms with Gasteiger partial charge in [0, 0.05) is 9.75 Å². The largest absolute Gasteiger partial charge is 0.220 e. The average Bonchev–Trinajstić information content (AvgIpc) is 2.84. The molecular weight excluding hydrogens is 244 g/mol. The number of hydrogen-bond acceptors (Lipinski definition) is 4. The van der Waals surface area contributed by atoms with Gasteiger partial charge in [0.05, 0.1) is 11.4 Å². The van der Waals surface area contributed by atoms with Crippen molar-refractivity contribution in [2.45, 2.75) is 32.2 Å². The van der Waals surface area contributed by atoms with Crippen molar-refractivity contribution < 1.29 is 0 Å². The van der Waals surface area contributed by atoms with Crippen molar-refractivity contribution in [1.29, 1.82) is 0 Å². The third-order valence-electron chi connectivity index (χ3n) is 2.41. The number of hydrogen-bond donors (Lipinski definition) is 0. The zero-order chi connectivity index (χ0) is 11.7. The van der Waals surface area contributed by atoms with E-state index in [1.807, 2.05) is 6.92 Å². The molecule has 2 atom stereocenters. The van der Waals surface area contributed by atoms with Crippen LogP contribution in [-0.2, 0) is 0 Å². The maximum Gasteiger partial charge on any atom is 0.169 e. The number of aryl methyl sites for hydroxylation is 1. The minimum atomic E-state index is -0.182. The summed E-state index contributed by atoms with van der Waals surface area (Å²) in [7, 11) is 0. The van der Waals surface area contributed by atoms with Gasteiger partial charge in [-0.15, -0.1) is 28.0 Å². The van der Waals surface area contributed by atoms with Gasteiger partial charge >= 0.3 is 0 Å². The molecule has 86 valence electrons. The van der Waals surface area contributed by atoms with Crippen molar-refractivity contribution in [2.24, 2.45) is 0 Å². The number of aromatic nitrogens is 4. The van der Waals surface area contributed by atoms with Crippen molar-refractivity contribution in [1.82, 2.24) is 20.2 Å². The minimum Gasteiger partial charge on any atom is -0.220 e. The van der Waals surface area contributed by atoms with Crippen LogP contribution in [-0.4, -0.2) is 20.2 Å². The molecule has 0 saturated heterocycles. The number of halogens is 1. The molecule has 4 nitrogen and oxygen atoms in total. The molecule has 2 aromatic rings. The Morgan fingerprint density at radius 1 is 1.38 bits per heavy atom. The number of tetrazole rings is 1. The molecule has 0 aromatic carbocycles. The Balaban J connectivity index is 2.33. The molecule has 0 amide bonds. The van der Waals surface area contributed by atoms with Crippen LogP contribution in [0.3, 0.4) is 0 Å². The zero-order valence-electron chi connectivity index (χ0n) is 9.38. The van der Waals surface area contributed by atoms with Gasteiger partial charge in [-0.2, -0.15) is 0 Å². The molecule has 0 aliphatic carbocycles. The van der Waals surface area contributed by atoms with Gasteiger partial charge in [-0.05, 0) is 43.3 Å². The molecule has 2 rings (SSSR count). The standard InChI is InChI=1S/C10H13ClN4S/c1-6-4-5-9(16-6)8(3)15-10(7(2)11)12-13-14-15/h4-5,7-8H,1-3H3. The second-order valence-electron chi connectivity index (χ2n) is 3.72. The topological polar surface area (TPSA) is 43.6 Å². The summed E-state index contributed by atoms with van der Waals surface area (Å²) >= 11 is 7.78. The third-order valence-corrected chi connectivity index (χ3v) is 3.78. The Kier molecular flexibility index (Phi) is 3.25. The van der Waals surface area contributed by atoms with Crippen LogP contribution in [0.5, 0.6) is 0 Å². The molecule has 0 fully saturated rings. The normalized spacial score (nSPS) is 15.0. The number of thiophene rings is 1. The van der Waals surface area contributed by atoms with Gasteiger partial charge in [-0.1, -0.05) is 0 Å². The van der Waals surface area contributed by atoms with E-state index in [1.54, 1.807) is 16.0 Å². The Bertz CT molecular complexity index is 477. The predicted octanol–water partition coefficient (Wildman–Crippen LogP) is 2.95. The Labute approximate surface area is 103 Å². The fourth-order valence-corrected chi connectivity index (χ4v) is 2.59. The third kappa shape index (κ3) is 2.10. The van der Waals surface area contributed by atoms with Crippen molar-refractivity contribution in [3.63, 3.8) is 0 Å². The highest BCUT2D eigenvalue weighted by Gasteiger charge is 2.18. The van der Waals surface area contributed by atoms with E-state index in [4.69, 9.17) is 11.6 Å². The van der Waals surface area contributed by atoms with E-state index in [2.05, 4.69) is 41.5 Å².